The van der Waals surface area contributed by atoms with Crippen LogP contribution in [0, 0.1) is 5.41 Å². The lowest BCUT2D eigenvalue weighted by molar-refractivity contribution is 0.203. The smallest absolute Gasteiger partial charge is 0.0730 e. The minimum Gasteiger partial charge on any atom is -0.389 e. The van der Waals surface area contributed by atoms with Crippen LogP contribution in [0.15, 0.2) is 24.3 Å². The number of aliphatic hydroxyl groups is 1. The first-order valence-corrected chi connectivity index (χ1v) is 3.90. The molecule has 0 saturated heterocycles. The van der Waals surface area contributed by atoms with Crippen LogP contribution in [0.2, 0.25) is 0 Å². The summed E-state index contributed by atoms with van der Waals surface area (Å²) in [7, 11) is 0. The Balaban J connectivity index is 4.62. The second-order valence-corrected chi connectivity index (χ2v) is 3.78. The maximum atomic E-state index is 9.36. The van der Waals surface area contributed by atoms with Crippen molar-refractivity contribution in [2.75, 3.05) is 0 Å². The molecule has 0 aliphatic rings. The quantitative estimate of drug-likeness (QED) is 0.606. The van der Waals surface area contributed by atoms with Crippen LogP contribution in [-0.2, 0) is 0 Å². The van der Waals surface area contributed by atoms with E-state index in [2.05, 4.69) is 27.4 Å². The van der Waals surface area contributed by atoms with Gasteiger partial charge in [0.1, 0.15) is 0 Å². The molecule has 1 heteroatoms. The predicted octanol–water partition coefficient (Wildman–Crippen LogP) is 2.53. The first kappa shape index (κ1) is 10.4. The summed E-state index contributed by atoms with van der Waals surface area (Å²) in [6.07, 6.45) is 3.21. The minimum absolute atomic E-state index is 0.0301. The SMILES string of the molecule is C=C/C=C(/C(C)O)C(C)(C)C. The molecule has 1 nitrogen and oxygen atoms in total. The first-order valence-electron chi connectivity index (χ1n) is 3.90. The fraction of sp³-hybridized carbons (Fsp3) is 0.600. The molecule has 1 unspecified atom stereocenters. The molecule has 1 atom stereocenters. The molecular weight excluding hydrogens is 136 g/mol. The van der Waals surface area contributed by atoms with E-state index < -0.39 is 0 Å². The normalized spacial score (nSPS) is 16.3. The van der Waals surface area contributed by atoms with E-state index >= 15 is 0 Å². The third-order valence-electron chi connectivity index (χ3n) is 1.61. The maximum Gasteiger partial charge on any atom is 0.0730 e. The zero-order chi connectivity index (χ0) is 9.07. The summed E-state index contributed by atoms with van der Waals surface area (Å²) in [5.41, 5.74) is 1.05. The summed E-state index contributed by atoms with van der Waals surface area (Å²) in [5.74, 6) is 0. The summed E-state index contributed by atoms with van der Waals surface area (Å²) in [6, 6.07) is 0. The van der Waals surface area contributed by atoms with Crippen LogP contribution in [0.25, 0.3) is 0 Å². The highest BCUT2D eigenvalue weighted by molar-refractivity contribution is 5.19. The average molecular weight is 154 g/mol. The van der Waals surface area contributed by atoms with E-state index in [0.717, 1.165) is 5.57 Å². The second-order valence-electron chi connectivity index (χ2n) is 3.78. The van der Waals surface area contributed by atoms with Gasteiger partial charge in [0, 0.05) is 0 Å². The topological polar surface area (TPSA) is 20.2 Å². The van der Waals surface area contributed by atoms with E-state index in [0.29, 0.717) is 0 Å². The van der Waals surface area contributed by atoms with Gasteiger partial charge in [-0.15, -0.1) is 0 Å². The van der Waals surface area contributed by atoms with Crippen LogP contribution in [0.4, 0.5) is 0 Å². The summed E-state index contributed by atoms with van der Waals surface area (Å²) < 4.78 is 0. The summed E-state index contributed by atoms with van der Waals surface area (Å²) in [5, 5.41) is 9.36. The zero-order valence-electron chi connectivity index (χ0n) is 7.89. The van der Waals surface area contributed by atoms with Gasteiger partial charge in [-0.1, -0.05) is 39.5 Å². The van der Waals surface area contributed by atoms with Crippen LogP contribution in [-0.4, -0.2) is 11.2 Å². The van der Waals surface area contributed by atoms with Gasteiger partial charge in [-0.05, 0) is 17.9 Å². The van der Waals surface area contributed by atoms with E-state index in [9.17, 15) is 5.11 Å². The van der Waals surface area contributed by atoms with Crippen molar-refractivity contribution >= 4 is 0 Å². The lowest BCUT2D eigenvalue weighted by atomic mass is 9.83. The lowest BCUT2D eigenvalue weighted by Gasteiger charge is -2.25. The molecule has 0 aliphatic heterocycles. The molecule has 1 N–H and O–H groups in total. The summed E-state index contributed by atoms with van der Waals surface area (Å²) >= 11 is 0. The van der Waals surface area contributed by atoms with Crippen molar-refractivity contribution in [1.29, 1.82) is 0 Å². The minimum atomic E-state index is -0.381. The Hall–Kier alpha value is -0.560. The number of allylic oxidation sites excluding steroid dienone is 2. The molecular formula is C10H18O. The summed E-state index contributed by atoms with van der Waals surface area (Å²) in [4.78, 5) is 0. The second kappa shape index (κ2) is 3.72. The van der Waals surface area contributed by atoms with E-state index in [1.165, 1.54) is 0 Å². The van der Waals surface area contributed by atoms with Gasteiger partial charge in [0.2, 0.25) is 0 Å². The Morgan fingerprint density at radius 1 is 1.45 bits per heavy atom. The van der Waals surface area contributed by atoms with Crippen LogP contribution < -0.4 is 0 Å². The lowest BCUT2D eigenvalue weighted by Crippen LogP contribution is -2.19. The van der Waals surface area contributed by atoms with Crippen LogP contribution in [0.5, 0.6) is 0 Å². The van der Waals surface area contributed by atoms with Gasteiger partial charge in [-0.3, -0.25) is 0 Å². The highest BCUT2D eigenvalue weighted by atomic mass is 16.3. The maximum absolute atomic E-state index is 9.36. The van der Waals surface area contributed by atoms with Gasteiger partial charge in [0.25, 0.3) is 0 Å². The van der Waals surface area contributed by atoms with Gasteiger partial charge >= 0.3 is 0 Å². The van der Waals surface area contributed by atoms with Gasteiger partial charge < -0.3 is 5.11 Å². The molecule has 0 aliphatic carbocycles. The monoisotopic (exact) mass is 154 g/mol. The molecule has 0 amide bonds. The molecule has 0 fully saturated rings. The molecule has 0 radical (unpaired) electrons. The predicted molar refractivity (Wildman–Crippen MR) is 49.4 cm³/mol. The van der Waals surface area contributed by atoms with Crippen molar-refractivity contribution in [3.63, 3.8) is 0 Å². The molecule has 0 saturated carbocycles. The molecule has 11 heavy (non-hydrogen) atoms. The molecule has 0 heterocycles. The van der Waals surface area contributed by atoms with Crippen molar-refractivity contribution in [3.05, 3.63) is 24.3 Å². The van der Waals surface area contributed by atoms with Crippen molar-refractivity contribution in [3.8, 4) is 0 Å². The molecule has 0 bridgehead atoms. The Morgan fingerprint density at radius 2 is 1.91 bits per heavy atom. The Bertz CT molecular complexity index is 158. The highest BCUT2D eigenvalue weighted by Crippen LogP contribution is 2.27. The molecule has 64 valence electrons. The van der Waals surface area contributed by atoms with E-state index in [1.54, 1.807) is 13.0 Å². The number of hydrogen-bond donors (Lipinski definition) is 1. The van der Waals surface area contributed by atoms with Crippen LogP contribution >= 0.6 is 0 Å². The largest absolute Gasteiger partial charge is 0.389 e. The number of rotatable bonds is 2. The van der Waals surface area contributed by atoms with Gasteiger partial charge in [-0.25, -0.2) is 0 Å². The van der Waals surface area contributed by atoms with Crippen LogP contribution in [0.1, 0.15) is 27.7 Å². The van der Waals surface area contributed by atoms with Crippen molar-refractivity contribution < 1.29 is 5.11 Å². The average Bonchev–Trinajstić information content (AvgIpc) is 1.79. The van der Waals surface area contributed by atoms with Gasteiger partial charge in [-0.2, -0.15) is 0 Å². The molecule has 0 rings (SSSR count). The third-order valence-corrected chi connectivity index (χ3v) is 1.61. The Kier molecular flexibility index (Phi) is 3.53. The van der Waals surface area contributed by atoms with Crippen molar-refractivity contribution in [1.82, 2.24) is 0 Å². The van der Waals surface area contributed by atoms with Crippen molar-refractivity contribution in [2.45, 2.75) is 33.8 Å². The van der Waals surface area contributed by atoms with Gasteiger partial charge in [0.15, 0.2) is 0 Å². The molecule has 0 aromatic heterocycles. The fourth-order valence-corrected chi connectivity index (χ4v) is 1.14. The fourth-order valence-electron chi connectivity index (χ4n) is 1.14. The van der Waals surface area contributed by atoms with E-state index in [1.807, 2.05) is 6.08 Å². The Labute approximate surface area is 69.4 Å². The van der Waals surface area contributed by atoms with Gasteiger partial charge in [0.05, 0.1) is 6.10 Å². The highest BCUT2D eigenvalue weighted by Gasteiger charge is 2.19. The number of aliphatic hydroxyl groups excluding tert-OH is 1. The standard InChI is InChI=1S/C10H18O/c1-6-7-9(8(2)11)10(3,4)5/h6-8,11H,1H2,2-5H3/b9-7-. The van der Waals surface area contributed by atoms with Crippen LogP contribution in [0.3, 0.4) is 0 Å². The summed E-state index contributed by atoms with van der Waals surface area (Å²) in [6.45, 7) is 11.6. The zero-order valence-corrected chi connectivity index (χ0v) is 7.89. The molecule has 0 aromatic carbocycles. The first-order chi connectivity index (χ1) is 4.89. The van der Waals surface area contributed by atoms with E-state index in [-0.39, 0.29) is 11.5 Å². The number of hydrogen-bond acceptors (Lipinski definition) is 1. The molecule has 0 aromatic rings. The Morgan fingerprint density at radius 3 is 2.00 bits per heavy atom. The third kappa shape index (κ3) is 3.38. The molecule has 0 spiro atoms. The van der Waals surface area contributed by atoms with E-state index in [4.69, 9.17) is 0 Å². The van der Waals surface area contributed by atoms with Crippen molar-refractivity contribution in [2.24, 2.45) is 5.41 Å².